The molecule has 0 aliphatic heterocycles. The van der Waals surface area contributed by atoms with Gasteiger partial charge in [0.05, 0.1) is 13.2 Å². The molecule has 1 fully saturated rings. The minimum Gasteiger partial charge on any atom is -0.497 e. The molecule has 0 heterocycles. The lowest BCUT2D eigenvalue weighted by molar-refractivity contribution is 0.0225. The Morgan fingerprint density at radius 3 is 2.00 bits per heavy atom. The average molecular weight is 369 g/mol. The molecule has 1 aliphatic carbocycles. The van der Waals surface area contributed by atoms with E-state index in [4.69, 9.17) is 22.8 Å². The maximum Gasteiger partial charge on any atom is 0.500 e. The monoisotopic (exact) mass is 368 g/mol. The normalized spacial score (nSPS) is 21.3. The van der Waals surface area contributed by atoms with Crippen LogP contribution in [0.25, 0.3) is 0 Å². The van der Waals surface area contributed by atoms with Crippen LogP contribution in [0.2, 0.25) is 6.04 Å². The Kier molecular flexibility index (Phi) is 8.38. The summed E-state index contributed by atoms with van der Waals surface area (Å²) in [5.41, 5.74) is 1.41. The molecule has 25 heavy (non-hydrogen) atoms. The van der Waals surface area contributed by atoms with Crippen molar-refractivity contribution in [2.24, 2.45) is 0 Å². The van der Waals surface area contributed by atoms with Crippen LogP contribution in [-0.4, -0.2) is 50.0 Å². The number of rotatable bonds is 10. The van der Waals surface area contributed by atoms with Crippen molar-refractivity contribution in [3.63, 3.8) is 0 Å². The molecule has 1 aromatic rings. The van der Waals surface area contributed by atoms with Crippen molar-refractivity contribution in [2.75, 3.05) is 35.0 Å². The third-order valence-electron chi connectivity index (χ3n) is 5.18. The number of hydrogen-bond acceptors (Lipinski definition) is 5. The van der Waals surface area contributed by atoms with Crippen molar-refractivity contribution in [1.29, 1.82) is 0 Å². The summed E-state index contributed by atoms with van der Waals surface area (Å²) in [5, 5.41) is 0. The zero-order valence-corrected chi connectivity index (χ0v) is 17.0. The van der Waals surface area contributed by atoms with Gasteiger partial charge in [0.2, 0.25) is 0 Å². The smallest absolute Gasteiger partial charge is 0.497 e. The molecule has 0 bridgehead atoms. The van der Waals surface area contributed by atoms with Gasteiger partial charge in [-0.3, -0.25) is 0 Å². The number of methoxy groups -OCH3 is 1. The Labute approximate surface area is 152 Å². The molecular formula is C19H32O5Si. The number of benzene rings is 1. The van der Waals surface area contributed by atoms with Crippen LogP contribution in [0.15, 0.2) is 24.3 Å². The maximum absolute atomic E-state index is 6.07. The van der Waals surface area contributed by atoms with Gasteiger partial charge in [-0.05, 0) is 55.7 Å². The van der Waals surface area contributed by atoms with Crippen LogP contribution in [0.5, 0.6) is 5.75 Å². The summed E-state index contributed by atoms with van der Waals surface area (Å²) in [6, 6.07) is 9.27. The van der Waals surface area contributed by atoms with E-state index >= 15 is 0 Å². The topological polar surface area (TPSA) is 46.2 Å². The molecule has 0 atom stereocenters. The Bertz CT molecular complexity index is 473. The zero-order valence-electron chi connectivity index (χ0n) is 16.0. The third-order valence-corrected chi connectivity index (χ3v) is 8.01. The first-order valence-corrected chi connectivity index (χ1v) is 11.0. The Morgan fingerprint density at radius 1 is 0.880 bits per heavy atom. The molecule has 0 N–H and O–H groups in total. The fourth-order valence-electron chi connectivity index (χ4n) is 3.53. The molecule has 6 heteroatoms. The Hall–Kier alpha value is -0.923. The van der Waals surface area contributed by atoms with E-state index in [1.165, 1.54) is 18.4 Å². The van der Waals surface area contributed by atoms with Gasteiger partial charge >= 0.3 is 8.80 Å². The SMILES string of the molecule is COc1ccc(C2CCC(OCCC[Si](OC)(OC)OC)CC2)cc1. The second kappa shape index (κ2) is 10.3. The first-order valence-electron chi connectivity index (χ1n) is 9.07. The summed E-state index contributed by atoms with van der Waals surface area (Å²) in [4.78, 5) is 0. The van der Waals surface area contributed by atoms with E-state index in [2.05, 4.69) is 24.3 Å². The third kappa shape index (κ3) is 5.79. The fraction of sp³-hybridized carbons (Fsp3) is 0.684. The van der Waals surface area contributed by atoms with Gasteiger partial charge in [0.1, 0.15) is 5.75 Å². The van der Waals surface area contributed by atoms with E-state index in [0.29, 0.717) is 12.0 Å². The van der Waals surface area contributed by atoms with Crippen LogP contribution in [0, 0.1) is 0 Å². The zero-order chi connectivity index (χ0) is 18.1. The fourth-order valence-corrected chi connectivity index (χ4v) is 5.22. The standard InChI is InChI=1S/C19H32O5Si/c1-20-18-10-6-16(7-11-18)17-8-12-19(13-9-17)24-14-5-15-25(21-2,22-3)23-4/h6-7,10-11,17,19H,5,8-9,12-15H2,1-4H3. The molecule has 0 aromatic heterocycles. The maximum atomic E-state index is 6.07. The highest BCUT2D eigenvalue weighted by molar-refractivity contribution is 6.60. The molecule has 5 nitrogen and oxygen atoms in total. The highest BCUT2D eigenvalue weighted by Crippen LogP contribution is 2.34. The highest BCUT2D eigenvalue weighted by Gasteiger charge is 2.37. The summed E-state index contributed by atoms with van der Waals surface area (Å²) < 4.78 is 27.6. The van der Waals surface area contributed by atoms with E-state index in [1.54, 1.807) is 28.4 Å². The van der Waals surface area contributed by atoms with Crippen molar-refractivity contribution in [2.45, 2.75) is 50.2 Å². The minimum atomic E-state index is -2.46. The second-order valence-corrected chi connectivity index (χ2v) is 9.61. The van der Waals surface area contributed by atoms with Crippen molar-refractivity contribution in [3.8, 4) is 5.75 Å². The van der Waals surface area contributed by atoms with Gasteiger partial charge in [-0.15, -0.1) is 0 Å². The molecular weight excluding hydrogens is 336 g/mol. The average Bonchev–Trinajstić information content (AvgIpc) is 2.69. The quantitative estimate of drug-likeness (QED) is 0.461. The van der Waals surface area contributed by atoms with E-state index in [-0.39, 0.29) is 0 Å². The summed E-state index contributed by atoms with van der Waals surface area (Å²) in [5.74, 6) is 1.56. The van der Waals surface area contributed by atoms with Gasteiger partial charge in [-0.1, -0.05) is 12.1 Å². The molecule has 0 saturated heterocycles. The van der Waals surface area contributed by atoms with Gasteiger partial charge in [0, 0.05) is 34.0 Å². The van der Waals surface area contributed by atoms with E-state index < -0.39 is 8.80 Å². The lowest BCUT2D eigenvalue weighted by Crippen LogP contribution is -2.42. The van der Waals surface area contributed by atoms with E-state index in [9.17, 15) is 0 Å². The first kappa shape index (κ1) is 20.4. The highest BCUT2D eigenvalue weighted by atomic mass is 28.4. The van der Waals surface area contributed by atoms with Crippen molar-refractivity contribution in [1.82, 2.24) is 0 Å². The summed E-state index contributed by atoms with van der Waals surface area (Å²) >= 11 is 0. The predicted molar refractivity (Wildman–Crippen MR) is 100 cm³/mol. The van der Waals surface area contributed by atoms with E-state index in [1.807, 2.05) is 0 Å². The summed E-state index contributed by atoms with van der Waals surface area (Å²) in [7, 11) is 4.21. The van der Waals surface area contributed by atoms with Crippen LogP contribution in [-0.2, 0) is 18.0 Å². The molecule has 2 rings (SSSR count). The lowest BCUT2D eigenvalue weighted by atomic mass is 9.83. The summed E-state index contributed by atoms with van der Waals surface area (Å²) in [6.45, 7) is 0.739. The number of ether oxygens (including phenoxy) is 2. The van der Waals surface area contributed by atoms with Crippen molar-refractivity contribution < 1.29 is 22.8 Å². The van der Waals surface area contributed by atoms with Gasteiger partial charge in [-0.2, -0.15) is 0 Å². The molecule has 0 spiro atoms. The summed E-state index contributed by atoms with van der Waals surface area (Å²) in [6.07, 6.45) is 5.89. The Morgan fingerprint density at radius 2 is 1.48 bits per heavy atom. The van der Waals surface area contributed by atoms with Crippen LogP contribution in [0.3, 0.4) is 0 Å². The molecule has 1 aromatic carbocycles. The molecule has 0 amide bonds. The lowest BCUT2D eigenvalue weighted by Gasteiger charge is -2.29. The second-order valence-electron chi connectivity index (χ2n) is 6.52. The van der Waals surface area contributed by atoms with Crippen LogP contribution < -0.4 is 4.74 Å². The molecule has 0 radical (unpaired) electrons. The first-order chi connectivity index (χ1) is 12.2. The molecule has 142 valence electrons. The molecule has 1 aliphatic rings. The van der Waals surface area contributed by atoms with Gasteiger partial charge in [-0.25, -0.2) is 0 Å². The van der Waals surface area contributed by atoms with E-state index in [0.717, 1.165) is 37.7 Å². The van der Waals surface area contributed by atoms with Gasteiger partial charge in [0.15, 0.2) is 0 Å². The van der Waals surface area contributed by atoms with Crippen LogP contribution in [0.4, 0.5) is 0 Å². The van der Waals surface area contributed by atoms with Crippen molar-refractivity contribution in [3.05, 3.63) is 29.8 Å². The van der Waals surface area contributed by atoms with Crippen molar-refractivity contribution >= 4 is 8.80 Å². The predicted octanol–water partition coefficient (Wildman–Crippen LogP) is 4.01. The molecule has 0 unspecified atom stereocenters. The Balaban J connectivity index is 1.68. The number of hydrogen-bond donors (Lipinski definition) is 0. The van der Waals surface area contributed by atoms with Crippen LogP contribution in [0.1, 0.15) is 43.6 Å². The van der Waals surface area contributed by atoms with Crippen LogP contribution >= 0.6 is 0 Å². The molecule has 1 saturated carbocycles. The minimum absolute atomic E-state index is 0.373. The van der Waals surface area contributed by atoms with Gasteiger partial charge in [0.25, 0.3) is 0 Å². The largest absolute Gasteiger partial charge is 0.500 e. The van der Waals surface area contributed by atoms with Gasteiger partial charge < -0.3 is 22.8 Å².